The van der Waals surface area contributed by atoms with Crippen molar-refractivity contribution in [3.63, 3.8) is 0 Å². The molecule has 0 atom stereocenters. The predicted octanol–water partition coefficient (Wildman–Crippen LogP) is 3.58. The molecule has 0 spiro atoms. The van der Waals surface area contributed by atoms with Gasteiger partial charge in [-0.3, -0.25) is 4.79 Å². The molecule has 1 aliphatic heterocycles. The van der Waals surface area contributed by atoms with Crippen molar-refractivity contribution in [3.05, 3.63) is 56.7 Å². The number of amides is 1. The van der Waals surface area contributed by atoms with Gasteiger partial charge in [0.2, 0.25) is 0 Å². The Hall–Kier alpha value is -1.89. The van der Waals surface area contributed by atoms with Crippen molar-refractivity contribution in [3.8, 4) is 0 Å². The molecule has 2 heterocycles. The highest BCUT2D eigenvalue weighted by molar-refractivity contribution is 7.15. The van der Waals surface area contributed by atoms with E-state index in [0.29, 0.717) is 29.7 Å². The molecule has 7 heteroatoms. The third kappa shape index (κ3) is 3.86. The molecule has 0 bridgehead atoms. The fourth-order valence-corrected chi connectivity index (χ4v) is 4.20. The first-order valence-corrected chi connectivity index (χ1v) is 9.15. The van der Waals surface area contributed by atoms with Gasteiger partial charge >= 0.3 is 5.97 Å². The lowest BCUT2D eigenvalue weighted by atomic mass is 9.74. The molecular formula is C18H18ClNO4S. The zero-order valence-electron chi connectivity index (χ0n) is 13.5. The minimum absolute atomic E-state index is 0.150. The molecule has 132 valence electrons. The Labute approximate surface area is 154 Å². The largest absolute Gasteiger partial charge is 0.477 e. The average molecular weight is 380 g/mol. The number of hydrogen-bond acceptors (Lipinski definition) is 4. The molecular weight excluding hydrogens is 362 g/mol. The van der Waals surface area contributed by atoms with Gasteiger partial charge in [-0.1, -0.05) is 29.8 Å². The van der Waals surface area contributed by atoms with Gasteiger partial charge in [0.1, 0.15) is 4.88 Å². The number of nitrogens with one attached hydrogen (secondary N) is 1. The molecule has 3 rings (SSSR count). The monoisotopic (exact) mass is 379 g/mol. The molecule has 1 amide bonds. The number of halogens is 1. The zero-order valence-corrected chi connectivity index (χ0v) is 15.0. The van der Waals surface area contributed by atoms with Crippen LogP contribution < -0.4 is 5.32 Å². The highest BCUT2D eigenvalue weighted by Crippen LogP contribution is 2.38. The summed E-state index contributed by atoms with van der Waals surface area (Å²) in [4.78, 5) is 23.9. The van der Waals surface area contributed by atoms with E-state index < -0.39 is 5.97 Å². The third-order valence-corrected chi connectivity index (χ3v) is 5.92. The average Bonchev–Trinajstić information content (AvgIpc) is 3.11. The topological polar surface area (TPSA) is 75.6 Å². The molecule has 0 unspecified atom stereocenters. The summed E-state index contributed by atoms with van der Waals surface area (Å²) in [5, 5.41) is 12.6. The summed E-state index contributed by atoms with van der Waals surface area (Å²) in [5.74, 6) is -1.29. The number of thiophene rings is 1. The fourth-order valence-electron chi connectivity index (χ4n) is 3.11. The van der Waals surface area contributed by atoms with E-state index in [1.54, 1.807) is 0 Å². The van der Waals surface area contributed by atoms with Gasteiger partial charge in [-0.25, -0.2) is 4.79 Å². The number of aromatic carboxylic acids is 1. The molecule has 1 aromatic heterocycles. The number of rotatable bonds is 5. The standard InChI is InChI=1S/C18H18ClNO4S/c19-13-4-2-1-3-12(13)18(7-9-24-10-8-18)11-20-16(21)14-5-6-15(25-14)17(22)23/h1-6H,7-11H2,(H,20,21)(H,22,23). The van der Waals surface area contributed by atoms with Gasteiger partial charge in [0.05, 0.1) is 4.88 Å². The van der Waals surface area contributed by atoms with Gasteiger partial charge < -0.3 is 15.2 Å². The number of carbonyl (C=O) groups is 2. The molecule has 2 N–H and O–H groups in total. The third-order valence-electron chi connectivity index (χ3n) is 4.52. The van der Waals surface area contributed by atoms with Crippen LogP contribution in [0.5, 0.6) is 0 Å². The van der Waals surface area contributed by atoms with E-state index in [1.165, 1.54) is 12.1 Å². The molecule has 0 radical (unpaired) electrons. The summed E-state index contributed by atoms with van der Waals surface area (Å²) in [6, 6.07) is 10.7. The molecule has 1 fully saturated rings. The van der Waals surface area contributed by atoms with E-state index in [1.807, 2.05) is 24.3 Å². The zero-order chi connectivity index (χ0) is 17.9. The van der Waals surface area contributed by atoms with Crippen molar-refractivity contribution in [1.29, 1.82) is 0 Å². The van der Waals surface area contributed by atoms with E-state index >= 15 is 0 Å². The highest BCUT2D eigenvalue weighted by atomic mass is 35.5. The van der Waals surface area contributed by atoms with Crippen molar-refractivity contribution >= 4 is 34.8 Å². The maximum absolute atomic E-state index is 12.4. The van der Waals surface area contributed by atoms with Crippen LogP contribution in [-0.4, -0.2) is 36.7 Å². The summed E-state index contributed by atoms with van der Waals surface area (Å²) >= 11 is 7.37. The molecule has 2 aromatic rings. The lowest BCUT2D eigenvalue weighted by molar-refractivity contribution is 0.0488. The van der Waals surface area contributed by atoms with Crippen molar-refractivity contribution in [2.24, 2.45) is 0 Å². The number of ether oxygens (including phenoxy) is 1. The van der Waals surface area contributed by atoms with Crippen LogP contribution in [0.1, 0.15) is 37.7 Å². The lowest BCUT2D eigenvalue weighted by Crippen LogP contribution is -2.44. The van der Waals surface area contributed by atoms with Crippen LogP contribution in [0.2, 0.25) is 5.02 Å². The Balaban J connectivity index is 1.78. The Morgan fingerprint density at radius 2 is 1.84 bits per heavy atom. The first kappa shape index (κ1) is 17.9. The summed E-state index contributed by atoms with van der Waals surface area (Å²) < 4.78 is 5.49. The van der Waals surface area contributed by atoms with Crippen molar-refractivity contribution in [2.75, 3.05) is 19.8 Å². The lowest BCUT2D eigenvalue weighted by Gasteiger charge is -2.38. The van der Waals surface area contributed by atoms with Gasteiger partial charge in [-0.05, 0) is 36.6 Å². The molecule has 0 saturated carbocycles. The maximum Gasteiger partial charge on any atom is 0.345 e. The quantitative estimate of drug-likeness (QED) is 0.832. The van der Waals surface area contributed by atoms with E-state index in [0.717, 1.165) is 29.7 Å². The Bertz CT molecular complexity index is 783. The molecule has 25 heavy (non-hydrogen) atoms. The second-order valence-electron chi connectivity index (χ2n) is 6.02. The van der Waals surface area contributed by atoms with Gasteiger partial charge in [0.15, 0.2) is 0 Å². The van der Waals surface area contributed by atoms with Gasteiger partial charge in [0, 0.05) is 30.2 Å². The molecule has 0 aliphatic carbocycles. The SMILES string of the molecule is O=C(O)c1ccc(C(=O)NCC2(c3ccccc3Cl)CCOCC2)s1. The smallest absolute Gasteiger partial charge is 0.345 e. The minimum Gasteiger partial charge on any atom is -0.477 e. The maximum atomic E-state index is 12.4. The van der Waals surface area contributed by atoms with E-state index in [-0.39, 0.29) is 16.2 Å². The highest BCUT2D eigenvalue weighted by Gasteiger charge is 2.36. The van der Waals surface area contributed by atoms with Crippen molar-refractivity contribution in [2.45, 2.75) is 18.3 Å². The summed E-state index contributed by atoms with van der Waals surface area (Å²) in [7, 11) is 0. The summed E-state index contributed by atoms with van der Waals surface area (Å²) in [6.07, 6.45) is 1.53. The number of carbonyl (C=O) groups excluding carboxylic acids is 1. The first-order chi connectivity index (χ1) is 12.0. The van der Waals surface area contributed by atoms with Crippen LogP contribution in [-0.2, 0) is 10.2 Å². The second kappa shape index (κ2) is 7.56. The number of carboxylic acid groups (broad SMARTS) is 1. The number of hydrogen-bond donors (Lipinski definition) is 2. The number of carboxylic acids is 1. The van der Waals surface area contributed by atoms with Crippen molar-refractivity contribution < 1.29 is 19.4 Å². The molecule has 1 aliphatic rings. The van der Waals surface area contributed by atoms with E-state index in [2.05, 4.69) is 5.32 Å². The van der Waals surface area contributed by atoms with Crippen LogP contribution in [0, 0.1) is 0 Å². The Morgan fingerprint density at radius 1 is 1.16 bits per heavy atom. The van der Waals surface area contributed by atoms with Crippen molar-refractivity contribution in [1.82, 2.24) is 5.32 Å². The van der Waals surface area contributed by atoms with Crippen LogP contribution in [0.3, 0.4) is 0 Å². The second-order valence-corrected chi connectivity index (χ2v) is 7.52. The minimum atomic E-state index is -1.03. The summed E-state index contributed by atoms with van der Waals surface area (Å²) in [6.45, 7) is 1.66. The van der Waals surface area contributed by atoms with Gasteiger partial charge in [-0.15, -0.1) is 11.3 Å². The molecule has 1 saturated heterocycles. The first-order valence-electron chi connectivity index (χ1n) is 7.96. The Morgan fingerprint density at radius 3 is 2.48 bits per heavy atom. The predicted molar refractivity (Wildman–Crippen MR) is 96.8 cm³/mol. The van der Waals surface area contributed by atoms with Gasteiger partial charge in [0.25, 0.3) is 5.91 Å². The van der Waals surface area contributed by atoms with E-state index in [4.69, 9.17) is 21.4 Å². The molecule has 1 aromatic carbocycles. The van der Waals surface area contributed by atoms with Crippen LogP contribution in [0.15, 0.2) is 36.4 Å². The number of benzene rings is 1. The van der Waals surface area contributed by atoms with Gasteiger partial charge in [-0.2, -0.15) is 0 Å². The fraction of sp³-hybridized carbons (Fsp3) is 0.333. The normalized spacial score (nSPS) is 16.4. The van der Waals surface area contributed by atoms with Crippen LogP contribution in [0.4, 0.5) is 0 Å². The Kier molecular flexibility index (Phi) is 5.42. The molecule has 5 nitrogen and oxygen atoms in total. The van der Waals surface area contributed by atoms with Crippen LogP contribution >= 0.6 is 22.9 Å². The van der Waals surface area contributed by atoms with E-state index in [9.17, 15) is 9.59 Å². The summed E-state index contributed by atoms with van der Waals surface area (Å²) in [5.41, 5.74) is 0.733. The van der Waals surface area contributed by atoms with Crippen LogP contribution in [0.25, 0.3) is 0 Å².